The topological polar surface area (TPSA) is 46.2 Å². The van der Waals surface area contributed by atoms with E-state index in [1.54, 1.807) is 6.92 Å². The van der Waals surface area contributed by atoms with E-state index >= 15 is 0 Å². The van der Waals surface area contributed by atoms with Gasteiger partial charge in [0, 0.05) is 17.4 Å². The zero-order valence-corrected chi connectivity index (χ0v) is 8.68. The highest BCUT2D eigenvalue weighted by Crippen LogP contribution is 2.39. The summed E-state index contributed by atoms with van der Waals surface area (Å²) < 4.78 is 0. The van der Waals surface area contributed by atoms with Gasteiger partial charge in [0.15, 0.2) is 0 Å². The van der Waals surface area contributed by atoms with Crippen LogP contribution in [-0.4, -0.2) is 17.2 Å². The van der Waals surface area contributed by atoms with E-state index in [4.69, 9.17) is 0 Å². The molecule has 0 spiro atoms. The van der Waals surface area contributed by atoms with Crippen LogP contribution in [0.15, 0.2) is 0 Å². The van der Waals surface area contributed by atoms with Gasteiger partial charge in [-0.15, -0.1) is 0 Å². The minimum atomic E-state index is -0.193. The number of amides is 1. The van der Waals surface area contributed by atoms with E-state index in [2.05, 4.69) is 5.32 Å². The molecule has 0 aromatic carbocycles. The first-order valence-electron chi connectivity index (χ1n) is 4.64. The molecule has 0 heterocycles. The van der Waals surface area contributed by atoms with E-state index < -0.39 is 0 Å². The molecule has 3 heteroatoms. The fraction of sp³-hybridized carbons (Fsp3) is 0.800. The van der Waals surface area contributed by atoms with Crippen molar-refractivity contribution in [3.8, 4) is 0 Å². The summed E-state index contributed by atoms with van der Waals surface area (Å²) in [7, 11) is 0. The number of Topliss-reactive ketones (excluding diaryl/α,β-unsaturated/α-hetero) is 1. The van der Waals surface area contributed by atoms with Crippen LogP contribution in [0.5, 0.6) is 0 Å². The summed E-state index contributed by atoms with van der Waals surface area (Å²) in [6.45, 7) is 7.37. The van der Waals surface area contributed by atoms with Gasteiger partial charge in [-0.05, 0) is 34.1 Å². The van der Waals surface area contributed by atoms with Crippen molar-refractivity contribution in [3.63, 3.8) is 0 Å². The van der Waals surface area contributed by atoms with Crippen LogP contribution in [0.2, 0.25) is 0 Å². The van der Waals surface area contributed by atoms with Crippen molar-refractivity contribution in [3.05, 3.63) is 0 Å². The van der Waals surface area contributed by atoms with E-state index in [1.807, 2.05) is 20.8 Å². The van der Waals surface area contributed by atoms with Gasteiger partial charge in [-0.1, -0.05) is 0 Å². The van der Waals surface area contributed by atoms with E-state index in [1.165, 1.54) is 0 Å². The largest absolute Gasteiger partial charge is 0.351 e. The molecule has 0 saturated heterocycles. The van der Waals surface area contributed by atoms with Gasteiger partial charge >= 0.3 is 0 Å². The molecule has 74 valence electrons. The molecule has 0 bridgehead atoms. The summed E-state index contributed by atoms with van der Waals surface area (Å²) in [4.78, 5) is 22.4. The predicted molar refractivity (Wildman–Crippen MR) is 50.2 cm³/mol. The van der Waals surface area contributed by atoms with Crippen LogP contribution in [-0.2, 0) is 9.59 Å². The number of ketones is 1. The number of carbonyl (C=O) groups excluding carboxylic acids is 2. The standard InChI is InChI=1S/C10H17NO2/c1-6(12)7-5-8(7)9(13)11-10(2,3)4/h7-8H,5H2,1-4H3,(H,11,13)/t7-,8-/m1/s1. The first-order chi connectivity index (χ1) is 5.81. The lowest BCUT2D eigenvalue weighted by Crippen LogP contribution is -2.41. The second-order valence-electron chi connectivity index (χ2n) is 4.80. The molecule has 1 aliphatic carbocycles. The van der Waals surface area contributed by atoms with E-state index in [0.29, 0.717) is 0 Å². The Kier molecular flexibility index (Phi) is 2.46. The van der Waals surface area contributed by atoms with Crippen molar-refractivity contribution in [2.75, 3.05) is 0 Å². The van der Waals surface area contributed by atoms with Gasteiger partial charge in [0.1, 0.15) is 5.78 Å². The maximum Gasteiger partial charge on any atom is 0.224 e. The third kappa shape index (κ3) is 2.83. The Balaban J connectivity index is 2.40. The van der Waals surface area contributed by atoms with E-state index in [0.717, 1.165) is 6.42 Å². The molecule has 1 aliphatic rings. The first-order valence-corrected chi connectivity index (χ1v) is 4.64. The molecule has 1 amide bonds. The maximum atomic E-state index is 11.5. The van der Waals surface area contributed by atoms with Crippen LogP contribution in [0.4, 0.5) is 0 Å². The SMILES string of the molecule is CC(=O)[C@H]1C[C@H]1C(=O)NC(C)(C)C. The molecule has 2 atom stereocenters. The average Bonchev–Trinajstić information content (AvgIpc) is 2.58. The molecule has 1 N–H and O–H groups in total. The second kappa shape index (κ2) is 3.13. The fourth-order valence-electron chi connectivity index (χ4n) is 1.40. The molecule has 0 aromatic rings. The molecule has 3 nitrogen and oxygen atoms in total. The fourth-order valence-corrected chi connectivity index (χ4v) is 1.40. The number of rotatable bonds is 2. The third-order valence-corrected chi connectivity index (χ3v) is 2.15. The highest BCUT2D eigenvalue weighted by molar-refractivity contribution is 5.92. The Bertz CT molecular complexity index is 240. The molecular formula is C10H17NO2. The molecule has 0 radical (unpaired) electrons. The Hall–Kier alpha value is -0.860. The Morgan fingerprint density at radius 3 is 2.08 bits per heavy atom. The Morgan fingerprint density at radius 1 is 1.23 bits per heavy atom. The van der Waals surface area contributed by atoms with Gasteiger partial charge < -0.3 is 5.32 Å². The van der Waals surface area contributed by atoms with E-state index in [-0.39, 0.29) is 29.1 Å². The van der Waals surface area contributed by atoms with Crippen molar-refractivity contribution < 1.29 is 9.59 Å². The van der Waals surface area contributed by atoms with Crippen molar-refractivity contribution in [2.45, 2.75) is 39.7 Å². The van der Waals surface area contributed by atoms with Crippen LogP contribution >= 0.6 is 0 Å². The molecule has 0 aromatic heterocycles. The lowest BCUT2D eigenvalue weighted by molar-refractivity contribution is -0.126. The molecule has 1 rings (SSSR count). The highest BCUT2D eigenvalue weighted by atomic mass is 16.2. The van der Waals surface area contributed by atoms with Gasteiger partial charge in [0.05, 0.1) is 0 Å². The van der Waals surface area contributed by atoms with Gasteiger partial charge in [0.25, 0.3) is 0 Å². The molecule has 1 fully saturated rings. The zero-order chi connectivity index (χ0) is 10.2. The van der Waals surface area contributed by atoms with Gasteiger partial charge in [0.2, 0.25) is 5.91 Å². The summed E-state index contributed by atoms with van der Waals surface area (Å²) in [6, 6.07) is 0. The van der Waals surface area contributed by atoms with Gasteiger partial charge in [-0.25, -0.2) is 0 Å². The summed E-state index contributed by atoms with van der Waals surface area (Å²) in [5, 5.41) is 2.87. The second-order valence-corrected chi connectivity index (χ2v) is 4.80. The molecular weight excluding hydrogens is 166 g/mol. The summed E-state index contributed by atoms with van der Waals surface area (Å²) in [5.41, 5.74) is -0.193. The number of carbonyl (C=O) groups is 2. The summed E-state index contributed by atoms with van der Waals surface area (Å²) in [6.07, 6.45) is 0.733. The smallest absolute Gasteiger partial charge is 0.224 e. The average molecular weight is 183 g/mol. The predicted octanol–water partition coefficient (Wildman–Crippen LogP) is 1.13. The zero-order valence-electron chi connectivity index (χ0n) is 8.68. The van der Waals surface area contributed by atoms with Crippen molar-refractivity contribution in [1.29, 1.82) is 0 Å². The minimum Gasteiger partial charge on any atom is -0.351 e. The number of hydrogen-bond acceptors (Lipinski definition) is 2. The van der Waals surface area contributed by atoms with Crippen LogP contribution in [0.3, 0.4) is 0 Å². The van der Waals surface area contributed by atoms with Crippen molar-refractivity contribution in [2.24, 2.45) is 11.8 Å². The summed E-state index contributed by atoms with van der Waals surface area (Å²) in [5.74, 6) is 0.0841. The highest BCUT2D eigenvalue weighted by Gasteiger charge is 2.46. The molecule has 0 unspecified atom stereocenters. The monoisotopic (exact) mass is 183 g/mol. The minimum absolute atomic E-state index is 0.0117. The maximum absolute atomic E-state index is 11.5. The number of nitrogens with one attached hydrogen (secondary N) is 1. The van der Waals surface area contributed by atoms with Crippen LogP contribution < -0.4 is 5.32 Å². The molecule has 13 heavy (non-hydrogen) atoms. The Labute approximate surface area is 78.9 Å². The van der Waals surface area contributed by atoms with E-state index in [9.17, 15) is 9.59 Å². The van der Waals surface area contributed by atoms with Gasteiger partial charge in [-0.3, -0.25) is 9.59 Å². The first kappa shape index (κ1) is 10.2. The summed E-state index contributed by atoms with van der Waals surface area (Å²) >= 11 is 0. The van der Waals surface area contributed by atoms with Gasteiger partial charge in [-0.2, -0.15) is 0 Å². The Morgan fingerprint density at radius 2 is 1.77 bits per heavy atom. The van der Waals surface area contributed by atoms with Crippen LogP contribution in [0, 0.1) is 11.8 Å². The normalized spacial score (nSPS) is 26.8. The van der Waals surface area contributed by atoms with Crippen LogP contribution in [0.25, 0.3) is 0 Å². The van der Waals surface area contributed by atoms with Crippen molar-refractivity contribution in [1.82, 2.24) is 5.32 Å². The van der Waals surface area contributed by atoms with Crippen molar-refractivity contribution >= 4 is 11.7 Å². The quantitative estimate of drug-likeness (QED) is 0.697. The lowest BCUT2D eigenvalue weighted by atomic mass is 10.1. The lowest BCUT2D eigenvalue weighted by Gasteiger charge is -2.20. The third-order valence-electron chi connectivity index (χ3n) is 2.15. The van der Waals surface area contributed by atoms with Crippen LogP contribution in [0.1, 0.15) is 34.1 Å². The molecule has 1 saturated carbocycles. The molecule has 0 aliphatic heterocycles. The number of hydrogen-bond donors (Lipinski definition) is 1.